The highest BCUT2D eigenvalue weighted by Crippen LogP contribution is 2.27. The molecule has 0 saturated heterocycles. The molecule has 27 heavy (non-hydrogen) atoms. The van der Waals surface area contributed by atoms with Crippen LogP contribution in [0.15, 0.2) is 65.1 Å². The normalized spacial score (nSPS) is 10.4. The maximum atomic E-state index is 12.5. The van der Waals surface area contributed by atoms with Crippen LogP contribution in [0.4, 0.5) is 5.69 Å². The van der Waals surface area contributed by atoms with E-state index < -0.39 is 0 Å². The van der Waals surface area contributed by atoms with E-state index in [0.717, 1.165) is 5.56 Å². The summed E-state index contributed by atoms with van der Waals surface area (Å²) in [5.41, 5.74) is 1.58. The molecular formula is C21H21NO5. The zero-order chi connectivity index (χ0) is 19.1. The minimum atomic E-state index is -0.331. The van der Waals surface area contributed by atoms with Gasteiger partial charge < -0.3 is 23.9 Å². The lowest BCUT2D eigenvalue weighted by Crippen LogP contribution is -2.12. The van der Waals surface area contributed by atoms with Gasteiger partial charge in [-0.25, -0.2) is 0 Å². The van der Waals surface area contributed by atoms with E-state index in [4.69, 9.17) is 18.6 Å². The van der Waals surface area contributed by atoms with Crippen LogP contribution in [0.2, 0.25) is 0 Å². The fraction of sp³-hybridized carbons (Fsp3) is 0.190. The fourth-order valence-corrected chi connectivity index (χ4v) is 2.57. The Bertz CT molecular complexity index is 903. The molecule has 0 fully saturated rings. The van der Waals surface area contributed by atoms with Crippen LogP contribution in [-0.2, 0) is 18.0 Å². The van der Waals surface area contributed by atoms with Crippen molar-refractivity contribution < 1.29 is 23.4 Å². The van der Waals surface area contributed by atoms with Crippen molar-refractivity contribution in [2.24, 2.45) is 0 Å². The number of nitrogens with one attached hydrogen (secondary N) is 1. The van der Waals surface area contributed by atoms with Crippen LogP contribution < -0.4 is 14.8 Å². The predicted molar refractivity (Wildman–Crippen MR) is 101 cm³/mol. The highest BCUT2D eigenvalue weighted by Gasteiger charge is 2.14. The van der Waals surface area contributed by atoms with Crippen LogP contribution in [-0.4, -0.2) is 20.1 Å². The van der Waals surface area contributed by atoms with Crippen molar-refractivity contribution in [3.05, 3.63) is 77.7 Å². The number of hydrogen-bond acceptors (Lipinski definition) is 5. The van der Waals surface area contributed by atoms with Gasteiger partial charge in [-0.1, -0.05) is 30.3 Å². The van der Waals surface area contributed by atoms with Gasteiger partial charge in [0.1, 0.15) is 12.4 Å². The monoisotopic (exact) mass is 367 g/mol. The molecule has 0 aliphatic heterocycles. The average Bonchev–Trinajstić information content (AvgIpc) is 3.17. The molecule has 0 spiro atoms. The molecule has 0 unspecified atom stereocenters. The molecular weight excluding hydrogens is 346 g/mol. The first-order valence-corrected chi connectivity index (χ1v) is 8.44. The maximum Gasteiger partial charge on any atom is 0.291 e. The van der Waals surface area contributed by atoms with E-state index in [-0.39, 0.29) is 18.3 Å². The van der Waals surface area contributed by atoms with E-state index >= 15 is 0 Å². The van der Waals surface area contributed by atoms with Crippen LogP contribution >= 0.6 is 0 Å². The summed E-state index contributed by atoms with van der Waals surface area (Å²) in [6.45, 7) is 0.598. The highest BCUT2D eigenvalue weighted by molar-refractivity contribution is 6.02. The van der Waals surface area contributed by atoms with Gasteiger partial charge in [-0.05, 0) is 30.3 Å². The molecule has 1 N–H and O–H groups in total. The molecule has 6 heteroatoms. The van der Waals surface area contributed by atoms with Crippen LogP contribution in [0.25, 0.3) is 0 Å². The van der Waals surface area contributed by atoms with E-state index in [2.05, 4.69) is 5.32 Å². The molecule has 1 heterocycles. The summed E-state index contributed by atoms with van der Waals surface area (Å²) in [4.78, 5) is 12.5. The second-order valence-electron chi connectivity index (χ2n) is 5.75. The first-order chi connectivity index (χ1) is 13.2. The molecule has 0 atom stereocenters. The lowest BCUT2D eigenvalue weighted by atomic mass is 10.2. The van der Waals surface area contributed by atoms with Crippen molar-refractivity contribution in [2.75, 3.05) is 19.5 Å². The molecule has 3 rings (SSSR count). The summed E-state index contributed by atoms with van der Waals surface area (Å²) in [6.07, 6.45) is 0. The van der Waals surface area contributed by atoms with Crippen molar-refractivity contribution in [3.8, 4) is 11.5 Å². The number of ether oxygens (including phenoxy) is 3. The number of amides is 1. The standard InChI is InChI=1S/C21H21NO5/c1-24-13-15-7-3-4-8-17(15)22-21(23)20-12-11-16(27-20)14-26-19-10-6-5-9-18(19)25-2/h3-12H,13-14H2,1-2H3,(H,22,23). The van der Waals surface area contributed by atoms with Gasteiger partial charge in [0.2, 0.25) is 0 Å². The molecule has 6 nitrogen and oxygen atoms in total. The van der Waals surface area contributed by atoms with Gasteiger partial charge in [0.15, 0.2) is 17.3 Å². The molecule has 0 aliphatic carbocycles. The lowest BCUT2D eigenvalue weighted by Gasteiger charge is -2.09. The smallest absolute Gasteiger partial charge is 0.291 e. The molecule has 0 bridgehead atoms. The third-order valence-corrected chi connectivity index (χ3v) is 3.89. The quantitative estimate of drug-likeness (QED) is 0.644. The van der Waals surface area contributed by atoms with E-state index in [1.807, 2.05) is 48.5 Å². The number of furan rings is 1. The number of rotatable bonds is 8. The third kappa shape index (κ3) is 4.68. The SMILES string of the molecule is COCc1ccccc1NC(=O)c1ccc(COc2ccccc2OC)o1. The average molecular weight is 367 g/mol. The summed E-state index contributed by atoms with van der Waals surface area (Å²) < 4.78 is 21.7. The molecule has 0 radical (unpaired) electrons. The zero-order valence-corrected chi connectivity index (χ0v) is 15.2. The van der Waals surface area contributed by atoms with E-state index in [1.54, 1.807) is 26.4 Å². The van der Waals surface area contributed by atoms with Gasteiger partial charge in [0.25, 0.3) is 5.91 Å². The second kappa shape index (κ2) is 8.91. The van der Waals surface area contributed by atoms with Crippen molar-refractivity contribution in [3.63, 3.8) is 0 Å². The van der Waals surface area contributed by atoms with Crippen LogP contribution in [0.3, 0.4) is 0 Å². The van der Waals surface area contributed by atoms with E-state index in [1.165, 1.54) is 0 Å². The third-order valence-electron chi connectivity index (χ3n) is 3.89. The topological polar surface area (TPSA) is 69.9 Å². The van der Waals surface area contributed by atoms with Gasteiger partial charge >= 0.3 is 0 Å². The molecule has 3 aromatic rings. The zero-order valence-electron chi connectivity index (χ0n) is 15.2. The summed E-state index contributed by atoms with van der Waals surface area (Å²) in [6, 6.07) is 18.1. The van der Waals surface area contributed by atoms with Crippen molar-refractivity contribution >= 4 is 11.6 Å². The predicted octanol–water partition coefficient (Wildman–Crippen LogP) is 4.27. The van der Waals surface area contributed by atoms with Gasteiger partial charge in [0, 0.05) is 18.4 Å². The number of carbonyl (C=O) groups is 1. The first kappa shape index (κ1) is 18.5. The van der Waals surface area contributed by atoms with Crippen molar-refractivity contribution in [1.82, 2.24) is 0 Å². The Labute approximate surface area is 157 Å². The van der Waals surface area contributed by atoms with E-state index in [0.29, 0.717) is 29.6 Å². The fourth-order valence-electron chi connectivity index (χ4n) is 2.57. The van der Waals surface area contributed by atoms with Gasteiger partial charge in [-0.15, -0.1) is 0 Å². The Kier molecular flexibility index (Phi) is 6.12. The maximum absolute atomic E-state index is 12.5. The summed E-state index contributed by atoms with van der Waals surface area (Å²) in [5.74, 6) is 1.66. The number of carbonyl (C=O) groups excluding carboxylic acids is 1. The molecule has 140 valence electrons. The number of methoxy groups -OCH3 is 2. The molecule has 0 aliphatic rings. The number of hydrogen-bond donors (Lipinski definition) is 1. The molecule has 1 aromatic heterocycles. The number of anilines is 1. The number of benzene rings is 2. The molecule has 0 saturated carbocycles. The second-order valence-corrected chi connectivity index (χ2v) is 5.75. The Morgan fingerprint density at radius 3 is 2.44 bits per heavy atom. The van der Waals surface area contributed by atoms with Gasteiger partial charge in [0.05, 0.1) is 13.7 Å². The lowest BCUT2D eigenvalue weighted by molar-refractivity contribution is 0.0992. The molecule has 1 amide bonds. The largest absolute Gasteiger partial charge is 0.493 e. The van der Waals surface area contributed by atoms with Crippen molar-refractivity contribution in [1.29, 1.82) is 0 Å². The molecule has 2 aromatic carbocycles. The minimum absolute atomic E-state index is 0.188. The number of para-hydroxylation sites is 3. The van der Waals surface area contributed by atoms with Crippen LogP contribution in [0, 0.1) is 0 Å². The van der Waals surface area contributed by atoms with Gasteiger partial charge in [-0.3, -0.25) is 4.79 Å². The van der Waals surface area contributed by atoms with Crippen LogP contribution in [0.5, 0.6) is 11.5 Å². The minimum Gasteiger partial charge on any atom is -0.493 e. The summed E-state index contributed by atoms with van der Waals surface area (Å²) in [7, 11) is 3.19. The Morgan fingerprint density at radius 1 is 0.926 bits per heavy atom. The van der Waals surface area contributed by atoms with Gasteiger partial charge in [-0.2, -0.15) is 0 Å². The first-order valence-electron chi connectivity index (χ1n) is 8.44. The summed E-state index contributed by atoms with van der Waals surface area (Å²) >= 11 is 0. The summed E-state index contributed by atoms with van der Waals surface area (Å²) in [5, 5.41) is 2.84. The Hall–Kier alpha value is -3.25. The van der Waals surface area contributed by atoms with Crippen LogP contribution in [0.1, 0.15) is 21.9 Å². The Morgan fingerprint density at radius 2 is 1.67 bits per heavy atom. The Balaban J connectivity index is 1.64. The van der Waals surface area contributed by atoms with E-state index in [9.17, 15) is 4.79 Å². The van der Waals surface area contributed by atoms with Crippen molar-refractivity contribution in [2.45, 2.75) is 13.2 Å². The highest BCUT2D eigenvalue weighted by atomic mass is 16.5.